The Morgan fingerprint density at radius 1 is 0.677 bits per heavy atom. The molecule has 1 fully saturated rings. The molecular formula is C46H57Cl2N7O7. The van der Waals surface area contributed by atoms with Crippen LogP contribution in [0.5, 0.6) is 0 Å². The number of hydrogen-bond acceptors (Lipinski definition) is 9. The molecule has 14 nitrogen and oxygen atoms in total. The first kappa shape index (κ1) is 49.3. The molecular weight excluding hydrogens is 833 g/mol. The van der Waals surface area contributed by atoms with Crippen molar-refractivity contribution in [2.45, 2.75) is 103 Å². The predicted octanol–water partition coefficient (Wildman–Crippen LogP) is 8.67. The molecule has 3 amide bonds. The van der Waals surface area contributed by atoms with E-state index in [1.54, 1.807) is 9.80 Å². The van der Waals surface area contributed by atoms with Gasteiger partial charge in [-0.3, -0.25) is 23.7 Å². The van der Waals surface area contributed by atoms with Gasteiger partial charge in [0.1, 0.15) is 17.9 Å². The minimum atomic E-state index is -0.105. The minimum absolute atomic E-state index is 0.0458. The SMILES string of the molecule is CCCCCC1CN(C)C(=O)c2cc(-c3ccc(Cl)cc3)nn21.CCCCCC1CN(CC(=O)N2CCC(CC)CC2)C(=O)c2cc(-c3ccc(Cl)cc3)nn21.O=C=O.O=C=O. The van der Waals surface area contributed by atoms with Crippen LogP contribution in [0, 0.1) is 5.92 Å². The summed E-state index contributed by atoms with van der Waals surface area (Å²) in [6.07, 6.45) is 12.8. The number of amides is 3. The van der Waals surface area contributed by atoms with E-state index in [0.29, 0.717) is 33.9 Å². The molecule has 0 bridgehead atoms. The molecule has 0 N–H and O–H groups in total. The first-order valence-electron chi connectivity index (χ1n) is 21.4. The van der Waals surface area contributed by atoms with Gasteiger partial charge in [0.15, 0.2) is 0 Å². The van der Waals surface area contributed by atoms with Gasteiger partial charge in [-0.25, -0.2) is 0 Å². The molecule has 16 heteroatoms. The van der Waals surface area contributed by atoms with Crippen LogP contribution in [0.25, 0.3) is 22.5 Å². The average Bonchev–Trinajstić information content (AvgIpc) is 3.93. The van der Waals surface area contributed by atoms with Crippen molar-refractivity contribution < 1.29 is 33.6 Å². The van der Waals surface area contributed by atoms with Crippen molar-refractivity contribution in [3.05, 3.63) is 82.1 Å². The maximum atomic E-state index is 13.4. The lowest BCUT2D eigenvalue weighted by molar-refractivity contribution is -0.193. The Balaban J connectivity index is 0.000000254. The molecule has 2 aromatic heterocycles. The van der Waals surface area contributed by atoms with E-state index >= 15 is 0 Å². The summed E-state index contributed by atoms with van der Waals surface area (Å²) in [7, 11) is 1.87. The lowest BCUT2D eigenvalue weighted by Crippen LogP contribution is -2.49. The first-order valence-corrected chi connectivity index (χ1v) is 22.2. The van der Waals surface area contributed by atoms with E-state index in [2.05, 4.69) is 20.8 Å². The molecule has 4 aromatic rings. The zero-order valence-electron chi connectivity index (χ0n) is 36.1. The Hall–Kier alpha value is -5.39. The molecule has 5 heterocycles. The number of carbonyl (C=O) groups is 3. The third-order valence-electron chi connectivity index (χ3n) is 11.6. The minimum Gasteiger partial charge on any atom is -0.341 e. The molecule has 2 aromatic carbocycles. The number of halogens is 2. The highest BCUT2D eigenvalue weighted by Gasteiger charge is 2.35. The zero-order chi connectivity index (χ0) is 45.2. The first-order chi connectivity index (χ1) is 29.9. The van der Waals surface area contributed by atoms with Crippen LogP contribution in [-0.2, 0) is 24.0 Å². The second-order valence-electron chi connectivity index (χ2n) is 15.8. The number of fused-ring (bicyclic) bond motifs is 2. The quantitative estimate of drug-likeness (QED) is 0.120. The second kappa shape index (κ2) is 24.9. The third kappa shape index (κ3) is 13.3. The fourth-order valence-electron chi connectivity index (χ4n) is 8.11. The summed E-state index contributed by atoms with van der Waals surface area (Å²) < 4.78 is 3.83. The van der Waals surface area contributed by atoms with Gasteiger partial charge in [0.2, 0.25) is 5.91 Å². The summed E-state index contributed by atoms with van der Waals surface area (Å²) in [5, 5.41) is 10.9. The summed E-state index contributed by atoms with van der Waals surface area (Å²) in [6.45, 7) is 9.64. The lowest BCUT2D eigenvalue weighted by atomic mass is 9.94. The van der Waals surface area contributed by atoms with Crippen LogP contribution in [-0.4, -0.2) is 104 Å². The van der Waals surface area contributed by atoms with Crippen LogP contribution in [0.4, 0.5) is 0 Å². The van der Waals surface area contributed by atoms with E-state index in [4.69, 9.17) is 52.6 Å². The summed E-state index contributed by atoms with van der Waals surface area (Å²) in [5.74, 6) is 0.723. The van der Waals surface area contributed by atoms with Crippen LogP contribution < -0.4 is 0 Å². The largest absolute Gasteiger partial charge is 0.373 e. The van der Waals surface area contributed by atoms with Gasteiger partial charge in [-0.1, -0.05) is 113 Å². The van der Waals surface area contributed by atoms with Crippen molar-refractivity contribution in [2.75, 3.05) is 39.8 Å². The second-order valence-corrected chi connectivity index (χ2v) is 16.7. The number of piperidine rings is 1. The van der Waals surface area contributed by atoms with E-state index in [0.717, 1.165) is 87.1 Å². The highest BCUT2D eigenvalue weighted by Crippen LogP contribution is 2.32. The highest BCUT2D eigenvalue weighted by molar-refractivity contribution is 6.30. The van der Waals surface area contributed by atoms with Gasteiger partial charge in [0.25, 0.3) is 11.8 Å². The van der Waals surface area contributed by atoms with Gasteiger partial charge in [0.05, 0.1) is 23.5 Å². The number of hydrogen-bond donors (Lipinski definition) is 0. The van der Waals surface area contributed by atoms with E-state index < -0.39 is 0 Å². The van der Waals surface area contributed by atoms with Gasteiger partial charge >= 0.3 is 12.3 Å². The Bertz CT molecular complexity index is 2120. The van der Waals surface area contributed by atoms with Gasteiger partial charge in [-0.2, -0.15) is 29.4 Å². The number of likely N-dealkylation sites (N-methyl/N-ethyl adjacent to an activating group) is 1. The number of unbranched alkanes of at least 4 members (excludes halogenated alkanes) is 4. The highest BCUT2D eigenvalue weighted by atomic mass is 35.5. The monoisotopic (exact) mass is 889 g/mol. The van der Waals surface area contributed by atoms with Crippen molar-refractivity contribution >= 4 is 53.2 Å². The van der Waals surface area contributed by atoms with Crippen LogP contribution in [0.3, 0.4) is 0 Å². The summed E-state index contributed by atoms with van der Waals surface area (Å²) in [6, 6.07) is 19.2. The van der Waals surface area contributed by atoms with Crippen LogP contribution in [0.15, 0.2) is 60.7 Å². The Kier molecular flexibility index (Phi) is 19.8. The molecule has 1 saturated heterocycles. The molecule has 0 saturated carbocycles. The van der Waals surface area contributed by atoms with Gasteiger partial charge in [-0.05, 0) is 68.0 Å². The third-order valence-corrected chi connectivity index (χ3v) is 12.1. The number of aromatic nitrogens is 4. The molecule has 3 aliphatic heterocycles. The van der Waals surface area contributed by atoms with Crippen molar-refractivity contribution in [1.82, 2.24) is 34.3 Å². The predicted molar refractivity (Wildman–Crippen MR) is 234 cm³/mol. The van der Waals surface area contributed by atoms with Crippen molar-refractivity contribution in [1.29, 1.82) is 0 Å². The van der Waals surface area contributed by atoms with Crippen molar-refractivity contribution in [2.24, 2.45) is 5.92 Å². The maximum absolute atomic E-state index is 13.4. The molecule has 332 valence electrons. The van der Waals surface area contributed by atoms with E-state index in [-0.39, 0.29) is 48.7 Å². The molecule has 2 unspecified atom stereocenters. The number of rotatable bonds is 13. The topological polar surface area (TPSA) is 165 Å². The lowest BCUT2D eigenvalue weighted by Gasteiger charge is -2.36. The van der Waals surface area contributed by atoms with E-state index in [9.17, 15) is 14.4 Å². The number of carbonyl (C=O) groups excluding carboxylic acids is 7. The number of benzene rings is 2. The molecule has 7 rings (SSSR count). The fraction of sp³-hybridized carbons (Fsp3) is 0.500. The smallest absolute Gasteiger partial charge is 0.341 e. The molecule has 0 aliphatic carbocycles. The van der Waals surface area contributed by atoms with Crippen LogP contribution in [0.1, 0.15) is 124 Å². The van der Waals surface area contributed by atoms with E-state index in [1.165, 1.54) is 25.7 Å². The summed E-state index contributed by atoms with van der Waals surface area (Å²) in [4.78, 5) is 76.8. The summed E-state index contributed by atoms with van der Waals surface area (Å²) in [5.41, 5.74) is 4.78. The van der Waals surface area contributed by atoms with Gasteiger partial charge in [-0.15, -0.1) is 0 Å². The normalized spacial score (nSPS) is 16.9. The Labute approximate surface area is 373 Å². The van der Waals surface area contributed by atoms with Gasteiger partial charge in [0, 0.05) is 54.4 Å². The van der Waals surface area contributed by atoms with Crippen molar-refractivity contribution in [3.63, 3.8) is 0 Å². The summed E-state index contributed by atoms with van der Waals surface area (Å²) >= 11 is 12.0. The molecule has 2 atom stereocenters. The van der Waals surface area contributed by atoms with Gasteiger partial charge < -0.3 is 14.7 Å². The molecule has 0 radical (unpaired) electrons. The average molecular weight is 891 g/mol. The zero-order valence-corrected chi connectivity index (χ0v) is 37.6. The molecule has 3 aliphatic rings. The Morgan fingerprint density at radius 2 is 1.11 bits per heavy atom. The molecule has 0 spiro atoms. The van der Waals surface area contributed by atoms with Crippen LogP contribution in [0.2, 0.25) is 10.0 Å². The number of likely N-dealkylation sites (tertiary alicyclic amines) is 1. The van der Waals surface area contributed by atoms with Crippen molar-refractivity contribution in [3.8, 4) is 22.5 Å². The standard InChI is InChI=1S/C26H35ClN4O2.C18H22ClN3O.2CO2/c1-3-5-6-7-22-17-30(18-25(32)29-14-12-19(4-2)13-15-29)26(33)24-16-23(28-31(22)24)20-8-10-21(27)11-9-20;1-3-4-5-6-15-12-21(2)18(23)17-11-16(20-22(15)17)13-7-9-14(19)10-8-13;2*2-1-3/h8-11,16,19,22H,3-7,12-15,17-18H2,1-2H3;7-11,15H,3-6,12H2,1-2H3;;. The van der Waals surface area contributed by atoms with E-state index in [1.807, 2.05) is 82.0 Å². The Morgan fingerprint density at radius 3 is 1.55 bits per heavy atom. The maximum Gasteiger partial charge on any atom is 0.373 e. The fourth-order valence-corrected chi connectivity index (χ4v) is 8.37. The molecule has 62 heavy (non-hydrogen) atoms. The van der Waals surface area contributed by atoms with Crippen LogP contribution >= 0.6 is 23.2 Å². The number of nitrogens with zero attached hydrogens (tertiary/aromatic N) is 7.